The molecule has 2 heterocycles. The van der Waals surface area contributed by atoms with Gasteiger partial charge in [-0.3, -0.25) is 9.88 Å². The first-order valence-electron chi connectivity index (χ1n) is 7.76. The minimum absolute atomic E-state index is 0.0556. The summed E-state index contributed by atoms with van der Waals surface area (Å²) in [5, 5.41) is 1.19. The van der Waals surface area contributed by atoms with Crippen LogP contribution in [-0.2, 0) is 6.54 Å². The van der Waals surface area contributed by atoms with E-state index in [2.05, 4.69) is 22.0 Å². The minimum Gasteiger partial charge on any atom is -0.485 e. The van der Waals surface area contributed by atoms with Crippen LogP contribution in [0.4, 0.5) is 4.39 Å². The molecular weight excluding hydrogens is 291 g/mol. The molecule has 3 nitrogen and oxygen atoms in total. The highest BCUT2D eigenvalue weighted by molar-refractivity contribution is 5.81. The van der Waals surface area contributed by atoms with Gasteiger partial charge in [-0.25, -0.2) is 4.39 Å². The van der Waals surface area contributed by atoms with E-state index in [0.29, 0.717) is 5.75 Å². The Kier molecular flexibility index (Phi) is 3.67. The van der Waals surface area contributed by atoms with E-state index in [9.17, 15) is 4.39 Å². The molecule has 1 saturated heterocycles. The maximum absolute atomic E-state index is 13.6. The number of aromatic nitrogens is 1. The topological polar surface area (TPSA) is 25.4 Å². The molecule has 1 aromatic heterocycles. The van der Waals surface area contributed by atoms with Crippen LogP contribution in [0.15, 0.2) is 60.8 Å². The molecule has 0 radical (unpaired) electrons. The molecule has 2 aromatic carbocycles. The summed E-state index contributed by atoms with van der Waals surface area (Å²) in [7, 11) is 0. The Labute approximate surface area is 134 Å². The number of benzene rings is 2. The van der Waals surface area contributed by atoms with Crippen LogP contribution in [0.5, 0.6) is 5.75 Å². The second kappa shape index (κ2) is 5.97. The van der Waals surface area contributed by atoms with Gasteiger partial charge in [-0.2, -0.15) is 0 Å². The molecule has 0 amide bonds. The Bertz CT molecular complexity index is 825. The number of para-hydroxylation sites is 1. The summed E-state index contributed by atoms with van der Waals surface area (Å²) < 4.78 is 19.3. The Hall–Kier alpha value is -2.46. The van der Waals surface area contributed by atoms with Crippen LogP contribution >= 0.6 is 0 Å². The van der Waals surface area contributed by atoms with Gasteiger partial charge < -0.3 is 4.74 Å². The first kappa shape index (κ1) is 14.2. The third-order valence-corrected chi connectivity index (χ3v) is 4.18. The zero-order valence-corrected chi connectivity index (χ0v) is 12.7. The van der Waals surface area contributed by atoms with Crippen LogP contribution in [-0.4, -0.2) is 29.1 Å². The van der Waals surface area contributed by atoms with Gasteiger partial charge in [0.25, 0.3) is 0 Å². The first-order valence-corrected chi connectivity index (χ1v) is 7.76. The number of fused-ring (bicyclic) bond motifs is 1. The Morgan fingerprint density at radius 3 is 2.78 bits per heavy atom. The molecule has 23 heavy (non-hydrogen) atoms. The molecule has 0 saturated carbocycles. The highest BCUT2D eigenvalue weighted by atomic mass is 19.1. The average molecular weight is 308 g/mol. The van der Waals surface area contributed by atoms with E-state index in [-0.39, 0.29) is 11.9 Å². The predicted molar refractivity (Wildman–Crippen MR) is 87.8 cm³/mol. The number of halogens is 1. The summed E-state index contributed by atoms with van der Waals surface area (Å²) in [6, 6.07) is 16.8. The minimum atomic E-state index is -0.300. The number of ether oxygens (including phenoxy) is 1. The molecule has 0 N–H and O–H groups in total. The summed E-state index contributed by atoms with van der Waals surface area (Å²) in [6.07, 6.45) is 1.87. The maximum atomic E-state index is 13.6. The lowest BCUT2D eigenvalue weighted by atomic mass is 10.1. The van der Waals surface area contributed by atoms with Crippen molar-refractivity contribution in [2.24, 2.45) is 0 Å². The van der Waals surface area contributed by atoms with E-state index in [4.69, 9.17) is 4.74 Å². The molecule has 116 valence electrons. The van der Waals surface area contributed by atoms with Gasteiger partial charge in [-0.1, -0.05) is 30.3 Å². The zero-order chi connectivity index (χ0) is 15.6. The quantitative estimate of drug-likeness (QED) is 0.736. The van der Waals surface area contributed by atoms with Crippen LogP contribution in [0.3, 0.4) is 0 Å². The molecule has 0 atom stereocenters. The molecule has 0 aliphatic carbocycles. The van der Waals surface area contributed by atoms with Crippen molar-refractivity contribution in [3.8, 4) is 5.75 Å². The van der Waals surface area contributed by atoms with E-state index < -0.39 is 0 Å². The van der Waals surface area contributed by atoms with Crippen LogP contribution in [0.2, 0.25) is 0 Å². The highest BCUT2D eigenvalue weighted by Crippen LogP contribution is 2.24. The molecule has 4 heteroatoms. The summed E-state index contributed by atoms with van der Waals surface area (Å²) in [5.41, 5.74) is 2.28. The molecule has 1 fully saturated rings. The monoisotopic (exact) mass is 308 g/mol. The van der Waals surface area contributed by atoms with Crippen molar-refractivity contribution in [1.29, 1.82) is 0 Å². The van der Waals surface area contributed by atoms with Crippen LogP contribution in [0.1, 0.15) is 5.56 Å². The zero-order valence-electron chi connectivity index (χ0n) is 12.7. The van der Waals surface area contributed by atoms with E-state index in [0.717, 1.165) is 25.2 Å². The van der Waals surface area contributed by atoms with E-state index in [1.54, 1.807) is 18.2 Å². The van der Waals surface area contributed by atoms with Gasteiger partial charge in [-0.15, -0.1) is 0 Å². The fraction of sp³-hybridized carbons (Fsp3) is 0.211. The van der Waals surface area contributed by atoms with Crippen molar-refractivity contribution in [3.05, 3.63) is 72.2 Å². The lowest BCUT2D eigenvalue weighted by Gasteiger charge is -2.39. The van der Waals surface area contributed by atoms with Crippen molar-refractivity contribution >= 4 is 10.9 Å². The number of hydrogen-bond acceptors (Lipinski definition) is 3. The van der Waals surface area contributed by atoms with E-state index in [1.165, 1.54) is 17.0 Å². The molecular formula is C19H17FN2O. The average Bonchev–Trinajstić information content (AvgIpc) is 2.55. The number of pyridine rings is 1. The second-order valence-corrected chi connectivity index (χ2v) is 5.85. The smallest absolute Gasteiger partial charge is 0.165 e. The number of rotatable bonds is 4. The van der Waals surface area contributed by atoms with Crippen molar-refractivity contribution in [2.45, 2.75) is 12.6 Å². The lowest BCUT2D eigenvalue weighted by molar-refractivity contribution is 0.0126. The third-order valence-electron chi connectivity index (χ3n) is 4.18. The fourth-order valence-electron chi connectivity index (χ4n) is 2.99. The normalized spacial score (nSPS) is 15.5. The Morgan fingerprint density at radius 1 is 1.04 bits per heavy atom. The largest absolute Gasteiger partial charge is 0.485 e. The number of nitrogens with zero attached hydrogens (tertiary/aromatic N) is 2. The third kappa shape index (κ3) is 2.90. The van der Waals surface area contributed by atoms with Gasteiger partial charge in [0.2, 0.25) is 0 Å². The fourth-order valence-corrected chi connectivity index (χ4v) is 2.99. The molecule has 3 aromatic rings. The second-order valence-electron chi connectivity index (χ2n) is 5.85. The van der Waals surface area contributed by atoms with Crippen molar-refractivity contribution in [3.63, 3.8) is 0 Å². The van der Waals surface area contributed by atoms with Crippen LogP contribution < -0.4 is 4.74 Å². The van der Waals surface area contributed by atoms with Crippen LogP contribution in [0.25, 0.3) is 10.9 Å². The maximum Gasteiger partial charge on any atom is 0.165 e. The molecule has 0 spiro atoms. The van der Waals surface area contributed by atoms with Gasteiger partial charge >= 0.3 is 0 Å². The number of likely N-dealkylation sites (tertiary alicyclic amines) is 1. The molecule has 4 rings (SSSR count). The van der Waals surface area contributed by atoms with E-state index >= 15 is 0 Å². The van der Waals surface area contributed by atoms with Gasteiger partial charge in [-0.05, 0) is 29.8 Å². The molecule has 0 bridgehead atoms. The van der Waals surface area contributed by atoms with Crippen molar-refractivity contribution in [1.82, 2.24) is 9.88 Å². The first-order chi connectivity index (χ1) is 11.3. The van der Waals surface area contributed by atoms with Gasteiger partial charge in [0.05, 0.1) is 5.52 Å². The van der Waals surface area contributed by atoms with Crippen molar-refractivity contribution in [2.75, 3.05) is 13.1 Å². The number of hydrogen-bond donors (Lipinski definition) is 0. The standard InChI is InChI=1S/C19H17FN2O/c20-17-7-1-2-9-19(17)23-15-12-22(13-15)11-14-5-3-8-18-16(14)6-4-10-21-18/h1-10,15H,11-13H2. The van der Waals surface area contributed by atoms with Gasteiger partial charge in [0.1, 0.15) is 6.10 Å². The summed E-state index contributed by atoms with van der Waals surface area (Å²) >= 11 is 0. The molecule has 1 aliphatic heterocycles. The van der Waals surface area contributed by atoms with Crippen molar-refractivity contribution < 1.29 is 9.13 Å². The van der Waals surface area contributed by atoms with Crippen LogP contribution in [0, 0.1) is 5.82 Å². The molecule has 1 aliphatic rings. The van der Waals surface area contributed by atoms with E-state index in [1.807, 2.05) is 24.4 Å². The SMILES string of the molecule is Fc1ccccc1OC1CN(Cc2cccc3ncccc23)C1. The van der Waals surface area contributed by atoms with Gasteiger partial charge in [0.15, 0.2) is 11.6 Å². The summed E-state index contributed by atoms with van der Waals surface area (Å²) in [4.78, 5) is 6.69. The summed E-state index contributed by atoms with van der Waals surface area (Å²) in [6.45, 7) is 2.48. The summed E-state index contributed by atoms with van der Waals surface area (Å²) in [5.74, 6) is 0.0394. The van der Waals surface area contributed by atoms with Gasteiger partial charge in [0, 0.05) is 31.2 Å². The Balaban J connectivity index is 1.40. The highest BCUT2D eigenvalue weighted by Gasteiger charge is 2.29. The Morgan fingerprint density at radius 2 is 1.91 bits per heavy atom. The molecule has 0 unspecified atom stereocenters. The predicted octanol–water partition coefficient (Wildman–Crippen LogP) is 3.64. The lowest BCUT2D eigenvalue weighted by Crippen LogP contribution is -2.53.